The Kier molecular flexibility index (Phi) is 5.31. The van der Waals surface area contributed by atoms with Crippen LogP contribution in [0.25, 0.3) is 73.7 Å². The van der Waals surface area contributed by atoms with Crippen LogP contribution in [0.5, 0.6) is 0 Å². The van der Waals surface area contributed by atoms with E-state index in [1.807, 2.05) is 40.9 Å². The third kappa shape index (κ3) is 3.66. The molecule has 8 aromatic rings. The minimum Gasteiger partial charge on any atom is -0.192 e. The van der Waals surface area contributed by atoms with Crippen LogP contribution in [0.1, 0.15) is 5.56 Å². The second-order valence-corrected chi connectivity index (χ2v) is 12.2. The van der Waals surface area contributed by atoms with Crippen molar-refractivity contribution < 1.29 is 0 Å². The molecule has 186 valence electrons. The van der Waals surface area contributed by atoms with Crippen LogP contribution in [-0.4, -0.2) is 0 Å². The van der Waals surface area contributed by atoms with Crippen LogP contribution in [0.4, 0.5) is 0 Å². The Hall–Kier alpha value is -4.75. The van der Waals surface area contributed by atoms with E-state index in [1.165, 1.54) is 45.9 Å². The van der Waals surface area contributed by atoms with Gasteiger partial charge >= 0.3 is 0 Å². The molecule has 0 atom stereocenters. The Bertz CT molecular complexity index is 2290. The third-order valence-corrected chi connectivity index (χ3v) is 10.0. The average Bonchev–Trinajstić information content (AvgIpc) is 3.58. The van der Waals surface area contributed by atoms with Gasteiger partial charge in [-0.1, -0.05) is 91.0 Å². The third-order valence-electron chi connectivity index (χ3n) is 7.76. The first-order chi connectivity index (χ1) is 19.8. The maximum atomic E-state index is 9.99. The highest BCUT2D eigenvalue weighted by atomic mass is 32.1. The SMILES string of the molecule is N#Cc1ccccc1-c1cc(-c2ccc3c(c2)sc2ccccc23)ccc1-c1ccc2c(c1)sc1ccccc12. The summed E-state index contributed by atoms with van der Waals surface area (Å²) in [4.78, 5) is 0. The Morgan fingerprint density at radius 3 is 1.62 bits per heavy atom. The number of nitrogens with zero attached hydrogens (tertiary/aromatic N) is 1. The molecule has 6 aromatic carbocycles. The highest BCUT2D eigenvalue weighted by Crippen LogP contribution is 2.42. The quantitative estimate of drug-likeness (QED) is 0.217. The highest BCUT2D eigenvalue weighted by Gasteiger charge is 2.15. The molecule has 0 N–H and O–H groups in total. The fraction of sp³-hybridized carbons (Fsp3) is 0. The molecule has 2 heterocycles. The van der Waals surface area contributed by atoms with Crippen LogP contribution in [-0.2, 0) is 0 Å². The number of benzene rings is 6. The summed E-state index contributed by atoms with van der Waals surface area (Å²) in [7, 11) is 0. The molecule has 0 amide bonds. The lowest BCUT2D eigenvalue weighted by Crippen LogP contribution is -1.90. The van der Waals surface area contributed by atoms with Crippen molar-refractivity contribution in [3.05, 3.63) is 133 Å². The van der Waals surface area contributed by atoms with Crippen LogP contribution in [0.15, 0.2) is 127 Å². The van der Waals surface area contributed by atoms with Crippen molar-refractivity contribution in [2.24, 2.45) is 0 Å². The molecule has 0 aliphatic heterocycles. The number of hydrogen-bond donors (Lipinski definition) is 0. The van der Waals surface area contributed by atoms with E-state index in [0.717, 1.165) is 27.8 Å². The fourth-order valence-electron chi connectivity index (χ4n) is 5.81. The lowest BCUT2D eigenvalue weighted by Gasteiger charge is -2.14. The van der Waals surface area contributed by atoms with Gasteiger partial charge in [0.25, 0.3) is 0 Å². The standard InChI is InChI=1S/C37H21NS2/c38-22-26-7-1-2-8-27(26)33-19-23(24-14-17-31-29-9-3-5-11-34(29)39-36(31)20-24)13-16-28(33)25-15-18-32-30-10-4-6-12-35(30)40-37(32)21-25/h1-21H. The van der Waals surface area contributed by atoms with E-state index in [4.69, 9.17) is 0 Å². The van der Waals surface area contributed by atoms with Crippen molar-refractivity contribution in [2.45, 2.75) is 0 Å². The number of nitriles is 1. The molecule has 8 rings (SSSR count). The molecule has 0 aliphatic carbocycles. The first-order valence-electron chi connectivity index (χ1n) is 13.2. The minimum atomic E-state index is 0.684. The molecule has 3 heteroatoms. The van der Waals surface area contributed by atoms with E-state index in [-0.39, 0.29) is 0 Å². The van der Waals surface area contributed by atoms with E-state index in [2.05, 4.69) is 115 Å². The Morgan fingerprint density at radius 2 is 0.925 bits per heavy atom. The molecule has 0 saturated carbocycles. The van der Waals surface area contributed by atoms with Gasteiger partial charge in [0.1, 0.15) is 0 Å². The molecule has 1 nitrogen and oxygen atoms in total. The Labute approximate surface area is 239 Å². The largest absolute Gasteiger partial charge is 0.192 e. The van der Waals surface area contributed by atoms with Crippen molar-refractivity contribution in [2.75, 3.05) is 0 Å². The summed E-state index contributed by atoms with van der Waals surface area (Å²) < 4.78 is 5.18. The van der Waals surface area contributed by atoms with E-state index < -0.39 is 0 Å². The second kappa shape index (κ2) is 9.17. The second-order valence-electron chi connectivity index (χ2n) is 10.0. The highest BCUT2D eigenvalue weighted by molar-refractivity contribution is 7.26. The molecule has 0 radical (unpaired) electrons. The molecular formula is C37H21NS2. The van der Waals surface area contributed by atoms with Gasteiger partial charge in [-0.3, -0.25) is 0 Å². The van der Waals surface area contributed by atoms with Gasteiger partial charge in [-0.25, -0.2) is 0 Å². The maximum absolute atomic E-state index is 9.99. The van der Waals surface area contributed by atoms with Crippen LogP contribution in [0.3, 0.4) is 0 Å². The van der Waals surface area contributed by atoms with Gasteiger partial charge in [0, 0.05) is 45.9 Å². The first-order valence-corrected chi connectivity index (χ1v) is 14.9. The predicted octanol–water partition coefficient (Wildman–Crippen LogP) is 11.3. The molecule has 0 spiro atoms. The summed E-state index contributed by atoms with van der Waals surface area (Å²) >= 11 is 3.67. The zero-order valence-electron chi connectivity index (χ0n) is 21.4. The summed E-state index contributed by atoms with van der Waals surface area (Å²) in [6, 6.07) is 47.8. The number of fused-ring (bicyclic) bond motifs is 6. The molecule has 0 saturated heterocycles. The van der Waals surface area contributed by atoms with Gasteiger partial charge in [-0.2, -0.15) is 5.26 Å². The lowest BCUT2D eigenvalue weighted by atomic mass is 9.89. The smallest absolute Gasteiger partial charge is 0.0998 e. The van der Waals surface area contributed by atoms with Crippen molar-refractivity contribution >= 4 is 63.0 Å². The Morgan fingerprint density at radius 1 is 0.400 bits per heavy atom. The van der Waals surface area contributed by atoms with Gasteiger partial charge in [-0.05, 0) is 64.2 Å². The van der Waals surface area contributed by atoms with Crippen LogP contribution >= 0.6 is 22.7 Å². The predicted molar refractivity (Wildman–Crippen MR) is 173 cm³/mol. The number of thiophene rings is 2. The van der Waals surface area contributed by atoms with Gasteiger partial charge in [0.05, 0.1) is 11.6 Å². The van der Waals surface area contributed by atoms with Crippen LogP contribution < -0.4 is 0 Å². The van der Waals surface area contributed by atoms with Crippen molar-refractivity contribution in [3.8, 4) is 39.4 Å². The lowest BCUT2D eigenvalue weighted by molar-refractivity contribution is 1.48. The van der Waals surface area contributed by atoms with Gasteiger partial charge in [0.2, 0.25) is 0 Å². The zero-order chi connectivity index (χ0) is 26.6. The Balaban J connectivity index is 1.33. The summed E-state index contributed by atoms with van der Waals surface area (Å²) in [6.45, 7) is 0. The first kappa shape index (κ1) is 23.2. The van der Waals surface area contributed by atoms with E-state index >= 15 is 0 Å². The molecule has 0 bridgehead atoms. The van der Waals surface area contributed by atoms with E-state index in [0.29, 0.717) is 5.56 Å². The fourth-order valence-corrected chi connectivity index (χ4v) is 8.10. The monoisotopic (exact) mass is 543 g/mol. The molecule has 0 fully saturated rings. The topological polar surface area (TPSA) is 23.8 Å². The summed E-state index contributed by atoms with van der Waals surface area (Å²) in [5, 5.41) is 15.2. The van der Waals surface area contributed by atoms with Crippen molar-refractivity contribution in [1.82, 2.24) is 0 Å². The zero-order valence-corrected chi connectivity index (χ0v) is 23.0. The summed E-state index contributed by atoms with van der Waals surface area (Å²) in [6.07, 6.45) is 0. The summed E-state index contributed by atoms with van der Waals surface area (Å²) in [5.74, 6) is 0. The molecule has 40 heavy (non-hydrogen) atoms. The van der Waals surface area contributed by atoms with E-state index in [1.54, 1.807) is 0 Å². The molecule has 2 aromatic heterocycles. The van der Waals surface area contributed by atoms with Gasteiger partial charge < -0.3 is 0 Å². The average molecular weight is 544 g/mol. The molecular weight excluding hydrogens is 523 g/mol. The maximum Gasteiger partial charge on any atom is 0.0998 e. The van der Waals surface area contributed by atoms with Crippen LogP contribution in [0.2, 0.25) is 0 Å². The van der Waals surface area contributed by atoms with Crippen molar-refractivity contribution in [1.29, 1.82) is 5.26 Å². The molecule has 0 aliphatic rings. The van der Waals surface area contributed by atoms with Gasteiger partial charge in [-0.15, -0.1) is 22.7 Å². The molecule has 0 unspecified atom stereocenters. The minimum absolute atomic E-state index is 0.684. The van der Waals surface area contributed by atoms with E-state index in [9.17, 15) is 5.26 Å². The van der Waals surface area contributed by atoms with Gasteiger partial charge in [0.15, 0.2) is 0 Å². The van der Waals surface area contributed by atoms with Crippen LogP contribution in [0, 0.1) is 11.3 Å². The number of hydrogen-bond acceptors (Lipinski definition) is 3. The summed E-state index contributed by atoms with van der Waals surface area (Å²) in [5.41, 5.74) is 7.34. The normalized spacial score (nSPS) is 11.5. The van der Waals surface area contributed by atoms with Crippen molar-refractivity contribution in [3.63, 3.8) is 0 Å². The number of rotatable bonds is 3.